The predicted molar refractivity (Wildman–Crippen MR) is 98.6 cm³/mol. The third kappa shape index (κ3) is 2.78. The average molecular weight is 342 g/mol. The van der Waals surface area contributed by atoms with Crippen LogP contribution in [0.3, 0.4) is 0 Å². The lowest BCUT2D eigenvalue weighted by atomic mass is 9.87. The van der Waals surface area contributed by atoms with Crippen molar-refractivity contribution < 1.29 is 9.47 Å². The standard InChI is InChI=1S/C19H26N4O2/c1-20-19(6-7-19)13-4-8-23(9-5-13)18-14-10-16(24-2)17(25-3)11-15(14)21-12-22-18/h10-13,20H,4-9H2,1-3H3. The molecule has 25 heavy (non-hydrogen) atoms. The lowest BCUT2D eigenvalue weighted by Gasteiger charge is -2.37. The summed E-state index contributed by atoms with van der Waals surface area (Å²) in [5.74, 6) is 3.19. The zero-order valence-corrected chi connectivity index (χ0v) is 15.2. The zero-order chi connectivity index (χ0) is 17.4. The molecule has 1 aromatic carbocycles. The van der Waals surface area contributed by atoms with Gasteiger partial charge >= 0.3 is 0 Å². The highest BCUT2D eigenvalue weighted by Gasteiger charge is 2.48. The fourth-order valence-electron chi connectivity index (χ4n) is 4.26. The fraction of sp³-hybridized carbons (Fsp3) is 0.579. The number of nitrogens with zero attached hydrogens (tertiary/aromatic N) is 3. The molecule has 1 aromatic heterocycles. The fourth-order valence-corrected chi connectivity index (χ4v) is 4.26. The molecular weight excluding hydrogens is 316 g/mol. The average Bonchev–Trinajstić information content (AvgIpc) is 3.48. The van der Waals surface area contributed by atoms with Crippen molar-refractivity contribution in [3.63, 3.8) is 0 Å². The van der Waals surface area contributed by atoms with Crippen LogP contribution in [0.4, 0.5) is 5.82 Å². The predicted octanol–water partition coefficient (Wildman–Crippen LogP) is 2.62. The molecule has 2 aromatic rings. The van der Waals surface area contributed by atoms with Crippen molar-refractivity contribution in [2.24, 2.45) is 5.92 Å². The minimum Gasteiger partial charge on any atom is -0.493 e. The monoisotopic (exact) mass is 342 g/mol. The van der Waals surface area contributed by atoms with Gasteiger partial charge in [0.1, 0.15) is 12.1 Å². The van der Waals surface area contributed by atoms with Crippen LogP contribution in [0.15, 0.2) is 18.5 Å². The van der Waals surface area contributed by atoms with Gasteiger partial charge in [0.05, 0.1) is 19.7 Å². The van der Waals surface area contributed by atoms with Gasteiger partial charge < -0.3 is 19.7 Å². The zero-order valence-electron chi connectivity index (χ0n) is 15.2. The number of aromatic nitrogens is 2. The highest BCUT2D eigenvalue weighted by Crippen LogP contribution is 2.46. The molecule has 1 saturated carbocycles. The third-order valence-electron chi connectivity index (χ3n) is 5.98. The molecular formula is C19H26N4O2. The highest BCUT2D eigenvalue weighted by molar-refractivity contribution is 5.92. The molecule has 6 heteroatoms. The number of hydrogen-bond acceptors (Lipinski definition) is 6. The van der Waals surface area contributed by atoms with E-state index in [0.29, 0.717) is 17.0 Å². The van der Waals surface area contributed by atoms with E-state index < -0.39 is 0 Å². The van der Waals surface area contributed by atoms with Gasteiger partial charge in [0.25, 0.3) is 0 Å². The normalized spacial score (nSPS) is 19.9. The SMILES string of the molecule is CNC1(C2CCN(c3ncnc4cc(OC)c(OC)cc34)CC2)CC1. The molecule has 0 radical (unpaired) electrons. The first-order valence-electron chi connectivity index (χ1n) is 9.01. The maximum atomic E-state index is 5.46. The van der Waals surface area contributed by atoms with Gasteiger partial charge in [0.2, 0.25) is 0 Å². The number of methoxy groups -OCH3 is 2. The number of piperidine rings is 1. The van der Waals surface area contributed by atoms with Crippen molar-refractivity contribution in [1.82, 2.24) is 15.3 Å². The van der Waals surface area contributed by atoms with Crippen LogP contribution in [-0.4, -0.2) is 49.9 Å². The molecule has 2 heterocycles. The van der Waals surface area contributed by atoms with Gasteiger partial charge in [-0.25, -0.2) is 9.97 Å². The molecule has 0 bridgehead atoms. The first-order valence-corrected chi connectivity index (χ1v) is 9.01. The van der Waals surface area contributed by atoms with Crippen LogP contribution >= 0.6 is 0 Å². The minimum absolute atomic E-state index is 0.413. The Morgan fingerprint density at radius 1 is 1.08 bits per heavy atom. The lowest BCUT2D eigenvalue weighted by Crippen LogP contribution is -2.44. The Labute approximate surface area is 148 Å². The maximum absolute atomic E-state index is 5.46. The summed E-state index contributed by atoms with van der Waals surface area (Å²) in [5.41, 5.74) is 1.30. The Bertz CT molecular complexity index is 767. The number of benzene rings is 1. The van der Waals surface area contributed by atoms with Gasteiger partial charge in [-0.1, -0.05) is 0 Å². The van der Waals surface area contributed by atoms with Gasteiger partial charge in [0, 0.05) is 30.1 Å². The van der Waals surface area contributed by atoms with Crippen molar-refractivity contribution in [3.05, 3.63) is 18.5 Å². The van der Waals surface area contributed by atoms with Crippen molar-refractivity contribution in [3.8, 4) is 11.5 Å². The van der Waals surface area contributed by atoms with Crippen LogP contribution in [0.2, 0.25) is 0 Å². The first-order chi connectivity index (χ1) is 12.2. The Balaban J connectivity index is 1.61. The summed E-state index contributed by atoms with van der Waals surface area (Å²) in [6.07, 6.45) is 6.70. The van der Waals surface area contributed by atoms with Crippen LogP contribution in [-0.2, 0) is 0 Å². The Morgan fingerprint density at radius 2 is 1.76 bits per heavy atom. The summed E-state index contributed by atoms with van der Waals surface area (Å²) in [6.45, 7) is 2.07. The Kier molecular flexibility index (Phi) is 4.15. The molecule has 1 aliphatic heterocycles. The minimum atomic E-state index is 0.413. The van der Waals surface area contributed by atoms with Gasteiger partial charge in [-0.3, -0.25) is 0 Å². The van der Waals surface area contributed by atoms with Crippen LogP contribution in [0.5, 0.6) is 11.5 Å². The second kappa shape index (κ2) is 6.33. The molecule has 0 amide bonds. The maximum Gasteiger partial charge on any atom is 0.162 e. The summed E-state index contributed by atoms with van der Waals surface area (Å²) in [4.78, 5) is 11.4. The second-order valence-corrected chi connectivity index (χ2v) is 7.09. The second-order valence-electron chi connectivity index (χ2n) is 7.09. The van der Waals surface area contributed by atoms with Gasteiger partial charge in [-0.2, -0.15) is 0 Å². The molecule has 1 saturated heterocycles. The van der Waals surface area contributed by atoms with Crippen LogP contribution in [0.1, 0.15) is 25.7 Å². The number of ether oxygens (including phenoxy) is 2. The van der Waals surface area contributed by atoms with E-state index in [2.05, 4.69) is 27.2 Å². The van der Waals surface area contributed by atoms with Gasteiger partial charge in [0.15, 0.2) is 11.5 Å². The first kappa shape index (κ1) is 16.4. The van der Waals surface area contributed by atoms with Gasteiger partial charge in [-0.15, -0.1) is 0 Å². The molecule has 134 valence electrons. The van der Waals surface area contributed by atoms with Crippen molar-refractivity contribution >= 4 is 16.7 Å². The molecule has 0 spiro atoms. The number of anilines is 1. The topological polar surface area (TPSA) is 59.5 Å². The molecule has 2 fully saturated rings. The molecule has 4 rings (SSSR count). The molecule has 1 N–H and O–H groups in total. The van der Waals surface area contributed by atoms with Crippen LogP contribution in [0, 0.1) is 5.92 Å². The van der Waals surface area contributed by atoms with Crippen LogP contribution in [0.25, 0.3) is 10.9 Å². The van der Waals surface area contributed by atoms with Gasteiger partial charge in [-0.05, 0) is 44.7 Å². The summed E-state index contributed by atoms with van der Waals surface area (Å²) in [7, 11) is 5.41. The van der Waals surface area contributed by atoms with E-state index in [1.165, 1.54) is 25.7 Å². The molecule has 0 unspecified atom stereocenters. The smallest absolute Gasteiger partial charge is 0.162 e. The van der Waals surface area contributed by atoms with E-state index in [1.807, 2.05) is 12.1 Å². The number of fused-ring (bicyclic) bond motifs is 1. The third-order valence-corrected chi connectivity index (χ3v) is 5.98. The summed E-state index contributed by atoms with van der Waals surface area (Å²) < 4.78 is 10.9. The Morgan fingerprint density at radius 3 is 2.36 bits per heavy atom. The van der Waals surface area contributed by atoms with Crippen molar-refractivity contribution in [2.75, 3.05) is 39.3 Å². The Hall–Kier alpha value is -2.08. The molecule has 6 nitrogen and oxygen atoms in total. The van der Waals surface area contributed by atoms with E-state index in [4.69, 9.17) is 9.47 Å². The number of nitrogens with one attached hydrogen (secondary N) is 1. The van der Waals surface area contributed by atoms with Crippen molar-refractivity contribution in [1.29, 1.82) is 0 Å². The van der Waals surface area contributed by atoms with Crippen molar-refractivity contribution in [2.45, 2.75) is 31.2 Å². The largest absolute Gasteiger partial charge is 0.493 e. The van der Waals surface area contributed by atoms with E-state index in [-0.39, 0.29) is 0 Å². The van der Waals surface area contributed by atoms with E-state index in [1.54, 1.807) is 20.5 Å². The molecule has 1 aliphatic carbocycles. The van der Waals surface area contributed by atoms with E-state index in [9.17, 15) is 0 Å². The highest BCUT2D eigenvalue weighted by atomic mass is 16.5. The molecule has 2 aliphatic rings. The quantitative estimate of drug-likeness (QED) is 0.901. The lowest BCUT2D eigenvalue weighted by molar-refractivity contribution is 0.290. The summed E-state index contributed by atoms with van der Waals surface area (Å²) >= 11 is 0. The van der Waals surface area contributed by atoms with Crippen LogP contribution < -0.4 is 19.7 Å². The number of rotatable bonds is 5. The van der Waals surface area contributed by atoms with E-state index in [0.717, 1.165) is 35.7 Å². The van der Waals surface area contributed by atoms with E-state index >= 15 is 0 Å². The summed E-state index contributed by atoms with van der Waals surface area (Å²) in [6, 6.07) is 3.91. The molecule has 0 atom stereocenters. The number of hydrogen-bond donors (Lipinski definition) is 1. The summed E-state index contributed by atoms with van der Waals surface area (Å²) in [5, 5.41) is 4.58.